The standard InChI is InChI=1S/C16H28N4O3/c1-11(2)13(18-15(22)23-16(3,4)5)14(21)19(6)9-12-8-17-20(7)10-12/h8,10-11,13H,9H2,1-7H3,(H,18,22). The molecule has 0 saturated carbocycles. The molecule has 1 atom stereocenters. The van der Waals surface area contributed by atoms with E-state index in [2.05, 4.69) is 10.4 Å². The molecule has 7 heteroatoms. The second-order valence-electron chi connectivity index (χ2n) is 7.08. The van der Waals surface area contributed by atoms with Crippen LogP contribution in [0.3, 0.4) is 0 Å². The van der Waals surface area contributed by atoms with Gasteiger partial charge in [0.2, 0.25) is 5.91 Å². The van der Waals surface area contributed by atoms with Crippen LogP contribution in [0.1, 0.15) is 40.2 Å². The second-order valence-corrected chi connectivity index (χ2v) is 7.08. The van der Waals surface area contributed by atoms with Crippen molar-refractivity contribution < 1.29 is 14.3 Å². The fourth-order valence-electron chi connectivity index (χ4n) is 2.09. The third-order valence-electron chi connectivity index (χ3n) is 3.16. The van der Waals surface area contributed by atoms with Gasteiger partial charge in [-0.15, -0.1) is 0 Å². The maximum Gasteiger partial charge on any atom is 0.408 e. The molecule has 23 heavy (non-hydrogen) atoms. The lowest BCUT2D eigenvalue weighted by Crippen LogP contribution is -2.51. The third kappa shape index (κ3) is 6.30. The first-order valence-electron chi connectivity index (χ1n) is 7.71. The summed E-state index contributed by atoms with van der Waals surface area (Å²) in [6.45, 7) is 9.56. The van der Waals surface area contributed by atoms with Crippen molar-refractivity contribution in [3.05, 3.63) is 18.0 Å². The first-order chi connectivity index (χ1) is 10.5. The Labute approximate surface area is 138 Å². The quantitative estimate of drug-likeness (QED) is 0.898. The molecule has 0 bridgehead atoms. The zero-order valence-corrected chi connectivity index (χ0v) is 15.1. The molecular formula is C16H28N4O3. The number of carbonyl (C=O) groups is 2. The molecule has 0 radical (unpaired) electrons. The van der Waals surface area contributed by atoms with Crippen LogP contribution in [0.2, 0.25) is 0 Å². The number of nitrogens with one attached hydrogen (secondary N) is 1. The lowest BCUT2D eigenvalue weighted by atomic mass is 10.0. The number of alkyl carbamates (subject to hydrolysis) is 1. The molecule has 0 aliphatic heterocycles. The van der Waals surface area contributed by atoms with E-state index in [9.17, 15) is 9.59 Å². The highest BCUT2D eigenvalue weighted by Crippen LogP contribution is 2.11. The summed E-state index contributed by atoms with van der Waals surface area (Å²) in [6.07, 6.45) is 2.99. The Balaban J connectivity index is 2.72. The Morgan fingerprint density at radius 2 is 2.00 bits per heavy atom. The Morgan fingerprint density at radius 3 is 2.43 bits per heavy atom. The number of ether oxygens (including phenoxy) is 1. The number of hydrogen-bond acceptors (Lipinski definition) is 4. The minimum atomic E-state index is -0.633. The summed E-state index contributed by atoms with van der Waals surface area (Å²) in [7, 11) is 3.54. The van der Waals surface area contributed by atoms with Crippen molar-refractivity contribution in [2.75, 3.05) is 7.05 Å². The second kappa shape index (κ2) is 7.48. The van der Waals surface area contributed by atoms with Gasteiger partial charge in [0.1, 0.15) is 11.6 Å². The zero-order valence-electron chi connectivity index (χ0n) is 15.1. The van der Waals surface area contributed by atoms with Crippen molar-refractivity contribution in [1.82, 2.24) is 20.0 Å². The van der Waals surface area contributed by atoms with E-state index in [1.807, 2.05) is 27.1 Å². The van der Waals surface area contributed by atoms with Gasteiger partial charge in [0.15, 0.2) is 0 Å². The van der Waals surface area contributed by atoms with Crippen molar-refractivity contribution in [3.63, 3.8) is 0 Å². The molecule has 1 unspecified atom stereocenters. The fourth-order valence-corrected chi connectivity index (χ4v) is 2.09. The van der Waals surface area contributed by atoms with Crippen LogP contribution in [0.5, 0.6) is 0 Å². The van der Waals surface area contributed by atoms with Crippen LogP contribution in [0.25, 0.3) is 0 Å². The Kier molecular flexibility index (Phi) is 6.18. The zero-order chi connectivity index (χ0) is 17.8. The largest absolute Gasteiger partial charge is 0.444 e. The summed E-state index contributed by atoms with van der Waals surface area (Å²) in [5, 5.41) is 6.76. The highest BCUT2D eigenvalue weighted by molar-refractivity contribution is 5.85. The topological polar surface area (TPSA) is 76.5 Å². The van der Waals surface area contributed by atoms with Crippen LogP contribution in [0.15, 0.2) is 12.4 Å². The van der Waals surface area contributed by atoms with Gasteiger partial charge in [0, 0.05) is 32.4 Å². The van der Waals surface area contributed by atoms with Crippen LogP contribution in [0, 0.1) is 5.92 Å². The maximum absolute atomic E-state index is 12.6. The minimum absolute atomic E-state index is 0.0497. The normalized spacial score (nSPS) is 12.9. The lowest BCUT2D eigenvalue weighted by molar-refractivity contribution is -0.133. The van der Waals surface area contributed by atoms with Crippen LogP contribution in [-0.4, -0.2) is 45.4 Å². The average Bonchev–Trinajstić information content (AvgIpc) is 2.78. The summed E-state index contributed by atoms with van der Waals surface area (Å²) < 4.78 is 6.92. The molecule has 1 N–H and O–H groups in total. The first kappa shape index (κ1) is 19.0. The Bertz CT molecular complexity index is 546. The third-order valence-corrected chi connectivity index (χ3v) is 3.16. The molecule has 0 aromatic carbocycles. The molecule has 0 aliphatic carbocycles. The van der Waals surface area contributed by atoms with Gasteiger partial charge in [-0.3, -0.25) is 9.48 Å². The minimum Gasteiger partial charge on any atom is -0.444 e. The van der Waals surface area contributed by atoms with E-state index in [4.69, 9.17) is 4.74 Å². The predicted octanol–water partition coefficient (Wildman–Crippen LogP) is 1.93. The van der Waals surface area contributed by atoms with Gasteiger partial charge in [0.05, 0.1) is 6.20 Å². The SMILES string of the molecule is CC(C)C(NC(=O)OC(C)(C)C)C(=O)N(C)Cc1cnn(C)c1. The number of aryl methyl sites for hydroxylation is 1. The molecule has 2 amide bonds. The number of likely N-dealkylation sites (N-methyl/N-ethyl adjacent to an activating group) is 1. The van der Waals surface area contributed by atoms with E-state index < -0.39 is 17.7 Å². The molecule has 1 aromatic rings. The molecule has 0 aliphatic rings. The van der Waals surface area contributed by atoms with E-state index in [0.717, 1.165) is 5.56 Å². The molecule has 130 valence electrons. The van der Waals surface area contributed by atoms with E-state index in [0.29, 0.717) is 6.54 Å². The van der Waals surface area contributed by atoms with Gasteiger partial charge in [-0.2, -0.15) is 5.10 Å². The van der Waals surface area contributed by atoms with E-state index in [-0.39, 0.29) is 11.8 Å². The maximum atomic E-state index is 12.6. The van der Waals surface area contributed by atoms with Gasteiger partial charge in [-0.1, -0.05) is 13.8 Å². The van der Waals surface area contributed by atoms with Gasteiger partial charge in [0.25, 0.3) is 0 Å². The van der Waals surface area contributed by atoms with E-state index >= 15 is 0 Å². The fraction of sp³-hybridized carbons (Fsp3) is 0.688. The number of hydrogen-bond donors (Lipinski definition) is 1. The molecule has 1 aromatic heterocycles. The molecule has 0 saturated heterocycles. The van der Waals surface area contributed by atoms with Gasteiger partial charge in [-0.25, -0.2) is 4.79 Å². The average molecular weight is 324 g/mol. The predicted molar refractivity (Wildman–Crippen MR) is 87.7 cm³/mol. The first-order valence-corrected chi connectivity index (χ1v) is 7.71. The van der Waals surface area contributed by atoms with Gasteiger partial charge in [-0.05, 0) is 26.7 Å². The molecule has 7 nitrogen and oxygen atoms in total. The summed E-state index contributed by atoms with van der Waals surface area (Å²) in [5.74, 6) is -0.207. The van der Waals surface area contributed by atoms with Crippen molar-refractivity contribution in [1.29, 1.82) is 0 Å². The molecule has 0 spiro atoms. The summed E-state index contributed by atoms with van der Waals surface area (Å²) >= 11 is 0. The molecule has 1 rings (SSSR count). The number of aromatic nitrogens is 2. The number of nitrogens with zero attached hydrogens (tertiary/aromatic N) is 3. The highest BCUT2D eigenvalue weighted by atomic mass is 16.6. The molecule has 0 fully saturated rings. The van der Waals surface area contributed by atoms with Crippen LogP contribution >= 0.6 is 0 Å². The van der Waals surface area contributed by atoms with Crippen LogP contribution in [0.4, 0.5) is 4.79 Å². The van der Waals surface area contributed by atoms with Crippen molar-refractivity contribution in [2.45, 2.75) is 52.8 Å². The summed E-state index contributed by atoms with van der Waals surface area (Å²) in [6, 6.07) is -0.633. The highest BCUT2D eigenvalue weighted by Gasteiger charge is 2.29. The van der Waals surface area contributed by atoms with Crippen molar-refractivity contribution >= 4 is 12.0 Å². The van der Waals surface area contributed by atoms with Crippen molar-refractivity contribution in [3.8, 4) is 0 Å². The smallest absolute Gasteiger partial charge is 0.408 e. The lowest BCUT2D eigenvalue weighted by Gasteiger charge is -2.28. The molecule has 1 heterocycles. The van der Waals surface area contributed by atoms with Crippen molar-refractivity contribution in [2.24, 2.45) is 13.0 Å². The van der Waals surface area contributed by atoms with Gasteiger partial charge < -0.3 is 15.0 Å². The van der Waals surface area contributed by atoms with Crippen LogP contribution < -0.4 is 5.32 Å². The van der Waals surface area contributed by atoms with Crippen LogP contribution in [-0.2, 0) is 23.1 Å². The number of rotatable bonds is 5. The van der Waals surface area contributed by atoms with Gasteiger partial charge >= 0.3 is 6.09 Å². The summed E-state index contributed by atoms with van der Waals surface area (Å²) in [5.41, 5.74) is 0.333. The monoisotopic (exact) mass is 324 g/mol. The molecular weight excluding hydrogens is 296 g/mol. The summed E-state index contributed by atoms with van der Waals surface area (Å²) in [4.78, 5) is 26.2. The number of carbonyl (C=O) groups excluding carboxylic acids is 2. The van der Waals surface area contributed by atoms with E-state index in [1.54, 1.807) is 43.6 Å². The van der Waals surface area contributed by atoms with E-state index in [1.165, 1.54) is 0 Å². The number of amides is 2. The Hall–Kier alpha value is -2.05. The Morgan fingerprint density at radius 1 is 1.39 bits per heavy atom.